The fourth-order valence-corrected chi connectivity index (χ4v) is 2.96. The maximum Gasteiger partial charge on any atom is 0.0216 e. The van der Waals surface area contributed by atoms with Crippen LogP contribution in [0.25, 0.3) is 0 Å². The van der Waals surface area contributed by atoms with Crippen LogP contribution < -0.4 is 5.32 Å². The predicted molar refractivity (Wildman–Crippen MR) is 73.0 cm³/mol. The Morgan fingerprint density at radius 2 is 2.33 bits per heavy atom. The summed E-state index contributed by atoms with van der Waals surface area (Å²) in [5, 5.41) is 3.47. The van der Waals surface area contributed by atoms with Gasteiger partial charge in [-0.25, -0.2) is 0 Å². The van der Waals surface area contributed by atoms with Gasteiger partial charge in [0.15, 0.2) is 0 Å². The summed E-state index contributed by atoms with van der Waals surface area (Å²) in [6.07, 6.45) is 1.96. The Kier molecular flexibility index (Phi) is 6.06. The first-order valence-corrected chi connectivity index (χ1v) is 7.16. The average Bonchev–Trinajstić information content (AvgIpc) is 2.51. The standard InChI is InChI=1S/C12H19NS2/c1-4-6-14-7-5-13-9-12-8-10(2)15-11(12)3/h4,8,13H,1,5-7,9H2,2-3H3. The molecule has 0 aromatic carbocycles. The number of thiophene rings is 1. The third kappa shape index (κ3) is 4.87. The SMILES string of the molecule is C=CCSCCNCc1cc(C)sc1C. The summed E-state index contributed by atoms with van der Waals surface area (Å²) >= 11 is 3.80. The molecule has 3 heteroatoms. The minimum absolute atomic E-state index is 1.00. The Morgan fingerprint density at radius 1 is 1.53 bits per heavy atom. The van der Waals surface area contributed by atoms with E-state index in [1.165, 1.54) is 15.3 Å². The Bertz CT molecular complexity index is 305. The van der Waals surface area contributed by atoms with Crippen molar-refractivity contribution in [1.82, 2.24) is 5.32 Å². The van der Waals surface area contributed by atoms with Crippen LogP contribution >= 0.6 is 23.1 Å². The van der Waals surface area contributed by atoms with Crippen molar-refractivity contribution in [2.75, 3.05) is 18.1 Å². The van der Waals surface area contributed by atoms with Gasteiger partial charge >= 0.3 is 0 Å². The Balaban J connectivity index is 2.14. The summed E-state index contributed by atoms with van der Waals surface area (Å²) in [5.41, 5.74) is 1.45. The van der Waals surface area contributed by atoms with Gasteiger partial charge in [0.1, 0.15) is 0 Å². The van der Waals surface area contributed by atoms with Gasteiger partial charge in [-0.2, -0.15) is 11.8 Å². The molecular formula is C12H19NS2. The third-order valence-electron chi connectivity index (χ3n) is 2.12. The topological polar surface area (TPSA) is 12.0 Å². The summed E-state index contributed by atoms with van der Waals surface area (Å²) in [5.74, 6) is 2.21. The zero-order valence-electron chi connectivity index (χ0n) is 9.51. The molecule has 0 radical (unpaired) electrons. The predicted octanol–water partition coefficient (Wildman–Crippen LogP) is 3.37. The Morgan fingerprint density at radius 3 is 2.93 bits per heavy atom. The zero-order chi connectivity index (χ0) is 11.1. The molecule has 0 aliphatic rings. The van der Waals surface area contributed by atoms with Crippen molar-refractivity contribution < 1.29 is 0 Å². The van der Waals surface area contributed by atoms with E-state index in [2.05, 4.69) is 31.8 Å². The molecule has 84 valence electrons. The van der Waals surface area contributed by atoms with Gasteiger partial charge in [-0.05, 0) is 25.5 Å². The number of hydrogen-bond acceptors (Lipinski definition) is 3. The summed E-state index contributed by atoms with van der Waals surface area (Å²) in [6, 6.07) is 2.28. The molecule has 0 fully saturated rings. The van der Waals surface area contributed by atoms with Crippen molar-refractivity contribution in [3.05, 3.63) is 34.0 Å². The van der Waals surface area contributed by atoms with Crippen molar-refractivity contribution in [3.63, 3.8) is 0 Å². The monoisotopic (exact) mass is 241 g/mol. The molecule has 1 nitrogen and oxygen atoms in total. The summed E-state index contributed by atoms with van der Waals surface area (Å²) in [4.78, 5) is 2.85. The highest BCUT2D eigenvalue weighted by molar-refractivity contribution is 7.99. The average molecular weight is 241 g/mol. The van der Waals surface area contributed by atoms with Gasteiger partial charge in [-0.1, -0.05) is 6.08 Å². The van der Waals surface area contributed by atoms with Gasteiger partial charge in [-0.15, -0.1) is 17.9 Å². The van der Waals surface area contributed by atoms with Crippen LogP contribution in [0.4, 0.5) is 0 Å². The Labute approximate surface area is 101 Å². The molecule has 1 aromatic heterocycles. The molecule has 0 aliphatic carbocycles. The first-order valence-electron chi connectivity index (χ1n) is 5.19. The molecular weight excluding hydrogens is 222 g/mol. The van der Waals surface area contributed by atoms with E-state index in [1.807, 2.05) is 29.2 Å². The lowest BCUT2D eigenvalue weighted by atomic mass is 10.2. The number of rotatable bonds is 7. The van der Waals surface area contributed by atoms with Crippen LogP contribution in [0.3, 0.4) is 0 Å². The molecule has 0 amide bonds. The zero-order valence-corrected chi connectivity index (χ0v) is 11.1. The van der Waals surface area contributed by atoms with Crippen LogP contribution in [0.1, 0.15) is 15.3 Å². The lowest BCUT2D eigenvalue weighted by Gasteiger charge is -2.03. The van der Waals surface area contributed by atoms with E-state index in [0.29, 0.717) is 0 Å². The highest BCUT2D eigenvalue weighted by Gasteiger charge is 2.01. The van der Waals surface area contributed by atoms with E-state index in [1.54, 1.807) is 0 Å². The second-order valence-corrected chi connectivity index (χ2v) is 6.09. The second-order valence-electron chi connectivity index (χ2n) is 3.48. The van der Waals surface area contributed by atoms with Crippen LogP contribution in [0.2, 0.25) is 0 Å². The first kappa shape index (κ1) is 12.8. The van der Waals surface area contributed by atoms with Crippen LogP contribution in [0.15, 0.2) is 18.7 Å². The molecule has 15 heavy (non-hydrogen) atoms. The third-order valence-corrected chi connectivity index (χ3v) is 4.09. The van der Waals surface area contributed by atoms with Gasteiger partial charge in [0.2, 0.25) is 0 Å². The van der Waals surface area contributed by atoms with Gasteiger partial charge in [0.05, 0.1) is 0 Å². The van der Waals surface area contributed by atoms with Crippen molar-refractivity contribution in [2.45, 2.75) is 20.4 Å². The lowest BCUT2D eigenvalue weighted by Crippen LogP contribution is -2.16. The van der Waals surface area contributed by atoms with E-state index in [4.69, 9.17) is 0 Å². The van der Waals surface area contributed by atoms with Gasteiger partial charge in [0.25, 0.3) is 0 Å². The molecule has 0 unspecified atom stereocenters. The molecule has 1 rings (SSSR count). The van der Waals surface area contributed by atoms with E-state index in [-0.39, 0.29) is 0 Å². The number of aryl methyl sites for hydroxylation is 2. The molecule has 1 N–H and O–H groups in total. The highest BCUT2D eigenvalue weighted by Crippen LogP contribution is 2.20. The van der Waals surface area contributed by atoms with E-state index in [9.17, 15) is 0 Å². The van der Waals surface area contributed by atoms with Crippen LogP contribution in [0.5, 0.6) is 0 Å². The molecule has 0 spiro atoms. The lowest BCUT2D eigenvalue weighted by molar-refractivity contribution is 0.731. The van der Waals surface area contributed by atoms with Gasteiger partial charge < -0.3 is 5.32 Å². The molecule has 0 atom stereocenters. The molecule has 0 saturated heterocycles. The van der Waals surface area contributed by atoms with Crippen molar-refractivity contribution >= 4 is 23.1 Å². The fourth-order valence-electron chi connectivity index (χ4n) is 1.39. The smallest absolute Gasteiger partial charge is 0.0216 e. The summed E-state index contributed by atoms with van der Waals surface area (Å²) < 4.78 is 0. The molecule has 0 aliphatic heterocycles. The van der Waals surface area contributed by atoms with Crippen LogP contribution in [0, 0.1) is 13.8 Å². The molecule has 0 saturated carbocycles. The van der Waals surface area contributed by atoms with Crippen molar-refractivity contribution in [2.24, 2.45) is 0 Å². The molecule has 1 heterocycles. The Hall–Kier alpha value is -0.250. The number of hydrogen-bond donors (Lipinski definition) is 1. The van der Waals surface area contributed by atoms with Gasteiger partial charge in [0, 0.05) is 34.3 Å². The van der Waals surface area contributed by atoms with Crippen LogP contribution in [-0.2, 0) is 6.54 Å². The largest absolute Gasteiger partial charge is 0.312 e. The minimum Gasteiger partial charge on any atom is -0.312 e. The van der Waals surface area contributed by atoms with Crippen molar-refractivity contribution in [1.29, 1.82) is 0 Å². The minimum atomic E-state index is 1.00. The van der Waals surface area contributed by atoms with E-state index < -0.39 is 0 Å². The normalized spacial score (nSPS) is 10.5. The number of thioether (sulfide) groups is 1. The molecule has 0 bridgehead atoms. The maximum absolute atomic E-state index is 3.70. The van der Waals surface area contributed by atoms with E-state index in [0.717, 1.165) is 24.6 Å². The van der Waals surface area contributed by atoms with Crippen LogP contribution in [-0.4, -0.2) is 18.1 Å². The fraction of sp³-hybridized carbons (Fsp3) is 0.500. The summed E-state index contributed by atoms with van der Waals surface area (Å²) in [6.45, 7) is 10.1. The quantitative estimate of drug-likeness (QED) is 0.580. The first-order chi connectivity index (χ1) is 7.24. The van der Waals surface area contributed by atoms with E-state index >= 15 is 0 Å². The highest BCUT2D eigenvalue weighted by atomic mass is 32.2. The maximum atomic E-state index is 3.70. The van der Waals surface area contributed by atoms with Gasteiger partial charge in [-0.3, -0.25) is 0 Å². The molecule has 1 aromatic rings. The second kappa shape index (κ2) is 7.09. The van der Waals surface area contributed by atoms with Crippen molar-refractivity contribution in [3.8, 4) is 0 Å². The summed E-state index contributed by atoms with van der Waals surface area (Å²) in [7, 11) is 0. The number of nitrogens with one attached hydrogen (secondary N) is 1.